The lowest BCUT2D eigenvalue weighted by molar-refractivity contribution is 0.0526. The number of rotatable bonds is 4. The van der Waals surface area contributed by atoms with Gasteiger partial charge in [0.15, 0.2) is 5.82 Å². The highest BCUT2D eigenvalue weighted by atomic mass is 16.5. The van der Waals surface area contributed by atoms with Crippen molar-refractivity contribution < 1.29 is 18.5 Å². The number of esters is 1. The van der Waals surface area contributed by atoms with Crippen molar-refractivity contribution in [1.29, 1.82) is 0 Å². The molecule has 3 heterocycles. The van der Waals surface area contributed by atoms with Gasteiger partial charge in [-0.3, -0.25) is 9.36 Å². The van der Waals surface area contributed by atoms with Gasteiger partial charge in [-0.15, -0.1) is 0 Å². The predicted octanol–water partition coefficient (Wildman–Crippen LogP) is 1.21. The number of aryl methyl sites for hydroxylation is 2. The molecule has 0 aliphatic rings. The maximum Gasteiger partial charge on any atom is 0.342 e. The molecule has 9 heteroatoms. The number of carbonyl (C=O) groups is 1. The van der Waals surface area contributed by atoms with Crippen LogP contribution in [0.15, 0.2) is 20.1 Å². The van der Waals surface area contributed by atoms with Crippen LogP contribution in [-0.2, 0) is 11.3 Å². The lowest BCUT2D eigenvalue weighted by Crippen LogP contribution is -2.23. The number of hydrogen-bond acceptors (Lipinski definition) is 8. The van der Waals surface area contributed by atoms with E-state index in [4.69, 9.17) is 13.7 Å². The van der Waals surface area contributed by atoms with Crippen molar-refractivity contribution >= 4 is 17.1 Å². The number of aromatic nitrogens is 4. The third-order valence-corrected chi connectivity index (χ3v) is 3.22. The Balaban J connectivity index is 2.12. The van der Waals surface area contributed by atoms with E-state index in [1.165, 1.54) is 10.9 Å². The lowest BCUT2D eigenvalue weighted by Gasteiger charge is -2.02. The van der Waals surface area contributed by atoms with Crippen molar-refractivity contribution in [3.05, 3.63) is 39.7 Å². The molecule has 3 aromatic heterocycles. The minimum atomic E-state index is -0.615. The Labute approximate surface area is 129 Å². The highest BCUT2D eigenvalue weighted by Crippen LogP contribution is 2.21. The number of fused-ring (bicyclic) bond motifs is 1. The second kappa shape index (κ2) is 5.67. The molecule has 0 aromatic carbocycles. The highest BCUT2D eigenvalue weighted by molar-refractivity contribution is 6.03. The Morgan fingerprint density at radius 1 is 1.39 bits per heavy atom. The average molecular weight is 318 g/mol. The molecule has 0 fully saturated rings. The first-order valence-electron chi connectivity index (χ1n) is 6.96. The largest absolute Gasteiger partial charge is 0.462 e. The van der Waals surface area contributed by atoms with E-state index in [9.17, 15) is 9.59 Å². The van der Waals surface area contributed by atoms with Crippen LogP contribution in [-0.4, -0.2) is 32.3 Å². The fourth-order valence-corrected chi connectivity index (χ4v) is 2.26. The summed E-state index contributed by atoms with van der Waals surface area (Å²) >= 11 is 0. The van der Waals surface area contributed by atoms with Gasteiger partial charge in [0, 0.05) is 6.92 Å². The topological polar surface area (TPSA) is 113 Å². The lowest BCUT2D eigenvalue weighted by atomic mass is 10.2. The summed E-state index contributed by atoms with van der Waals surface area (Å²) < 4.78 is 16.5. The highest BCUT2D eigenvalue weighted by Gasteiger charge is 2.24. The van der Waals surface area contributed by atoms with Crippen LogP contribution < -0.4 is 5.56 Å². The molecule has 120 valence electrons. The Morgan fingerprint density at radius 2 is 2.17 bits per heavy atom. The molecule has 0 unspecified atom stereocenters. The zero-order valence-corrected chi connectivity index (χ0v) is 12.8. The first kappa shape index (κ1) is 14.9. The van der Waals surface area contributed by atoms with Crippen LogP contribution in [0, 0.1) is 13.8 Å². The minimum absolute atomic E-state index is 0.0750. The molecule has 0 radical (unpaired) electrons. The summed E-state index contributed by atoms with van der Waals surface area (Å²) in [4.78, 5) is 32.8. The van der Waals surface area contributed by atoms with Crippen molar-refractivity contribution in [3.8, 4) is 0 Å². The third-order valence-electron chi connectivity index (χ3n) is 3.22. The zero-order chi connectivity index (χ0) is 16.6. The molecule has 0 saturated heterocycles. The van der Waals surface area contributed by atoms with Gasteiger partial charge >= 0.3 is 5.97 Å². The van der Waals surface area contributed by atoms with Gasteiger partial charge < -0.3 is 13.7 Å². The van der Waals surface area contributed by atoms with Crippen molar-refractivity contribution in [1.82, 2.24) is 19.7 Å². The number of furan rings is 1. The third kappa shape index (κ3) is 2.60. The Bertz CT molecular complexity index is 936. The van der Waals surface area contributed by atoms with Crippen LogP contribution in [0.25, 0.3) is 11.1 Å². The maximum atomic E-state index is 12.7. The summed E-state index contributed by atoms with van der Waals surface area (Å²) in [6.07, 6.45) is 1.31. The smallest absolute Gasteiger partial charge is 0.342 e. The Morgan fingerprint density at radius 3 is 2.83 bits per heavy atom. The van der Waals surface area contributed by atoms with Crippen molar-refractivity contribution in [2.45, 2.75) is 27.3 Å². The molecule has 3 aromatic rings. The van der Waals surface area contributed by atoms with E-state index in [0.29, 0.717) is 11.7 Å². The first-order valence-corrected chi connectivity index (χ1v) is 6.96. The van der Waals surface area contributed by atoms with E-state index in [-0.39, 0.29) is 35.6 Å². The number of carbonyl (C=O) groups excluding carboxylic acids is 1. The summed E-state index contributed by atoms with van der Waals surface area (Å²) in [6, 6.07) is 0. The molecule has 0 aliphatic heterocycles. The molecule has 9 nitrogen and oxygen atoms in total. The van der Waals surface area contributed by atoms with Crippen molar-refractivity contribution in [2.24, 2.45) is 0 Å². The first-order chi connectivity index (χ1) is 11.0. The van der Waals surface area contributed by atoms with E-state index in [1.807, 2.05) is 0 Å². The van der Waals surface area contributed by atoms with E-state index in [2.05, 4.69) is 15.1 Å². The van der Waals surface area contributed by atoms with E-state index in [1.54, 1.807) is 20.8 Å². The minimum Gasteiger partial charge on any atom is -0.462 e. The maximum absolute atomic E-state index is 12.7. The molecule has 3 rings (SSSR count). The number of ether oxygens (including phenoxy) is 1. The standard InChI is InChI=1S/C14H14N4O5/c1-4-21-14(20)10-7(2)22-12-11(10)13(19)18(6-15-12)5-9-16-8(3)23-17-9/h6H,4-5H2,1-3H3. The van der Waals surface area contributed by atoms with Gasteiger partial charge in [-0.1, -0.05) is 5.16 Å². The van der Waals surface area contributed by atoms with Gasteiger partial charge in [0.25, 0.3) is 5.56 Å². The predicted molar refractivity (Wildman–Crippen MR) is 77.1 cm³/mol. The molecule has 0 saturated carbocycles. The molecule has 0 atom stereocenters. The monoisotopic (exact) mass is 318 g/mol. The summed E-state index contributed by atoms with van der Waals surface area (Å²) in [6.45, 7) is 5.19. The van der Waals surface area contributed by atoms with Crippen LogP contribution >= 0.6 is 0 Å². The fourth-order valence-electron chi connectivity index (χ4n) is 2.26. The molecular weight excluding hydrogens is 304 g/mol. The molecular formula is C14H14N4O5. The van der Waals surface area contributed by atoms with Crippen LogP contribution in [0.1, 0.15) is 34.8 Å². The molecule has 0 spiro atoms. The van der Waals surface area contributed by atoms with Gasteiger partial charge in [-0.05, 0) is 13.8 Å². The molecule has 0 aliphatic carbocycles. The summed E-state index contributed by atoms with van der Waals surface area (Å²) in [7, 11) is 0. The van der Waals surface area contributed by atoms with Crippen LogP contribution in [0.4, 0.5) is 0 Å². The molecule has 0 amide bonds. The van der Waals surface area contributed by atoms with Gasteiger partial charge in [-0.2, -0.15) is 4.98 Å². The van der Waals surface area contributed by atoms with Crippen molar-refractivity contribution in [3.63, 3.8) is 0 Å². The van der Waals surface area contributed by atoms with Crippen LogP contribution in [0.3, 0.4) is 0 Å². The van der Waals surface area contributed by atoms with Crippen LogP contribution in [0.5, 0.6) is 0 Å². The summed E-state index contributed by atoms with van der Waals surface area (Å²) in [5.41, 5.74) is -0.244. The van der Waals surface area contributed by atoms with Gasteiger partial charge in [-0.25, -0.2) is 9.78 Å². The van der Waals surface area contributed by atoms with E-state index < -0.39 is 11.5 Å². The van der Waals surface area contributed by atoms with Gasteiger partial charge in [0.05, 0.1) is 13.2 Å². The van der Waals surface area contributed by atoms with Gasteiger partial charge in [0.1, 0.15) is 23.0 Å². The second-order valence-corrected chi connectivity index (χ2v) is 4.84. The molecule has 0 N–H and O–H groups in total. The normalized spacial score (nSPS) is 11.1. The fraction of sp³-hybridized carbons (Fsp3) is 0.357. The summed E-state index contributed by atoms with van der Waals surface area (Å²) in [5.74, 6) is 0.407. The number of nitrogens with zero attached hydrogens (tertiary/aromatic N) is 4. The van der Waals surface area contributed by atoms with Crippen LogP contribution in [0.2, 0.25) is 0 Å². The summed E-state index contributed by atoms with van der Waals surface area (Å²) in [5, 5.41) is 3.82. The average Bonchev–Trinajstić information content (AvgIpc) is 3.05. The van der Waals surface area contributed by atoms with E-state index in [0.717, 1.165) is 0 Å². The molecule has 0 bridgehead atoms. The van der Waals surface area contributed by atoms with E-state index >= 15 is 0 Å². The molecule has 23 heavy (non-hydrogen) atoms. The van der Waals surface area contributed by atoms with Gasteiger partial charge in [0.2, 0.25) is 11.6 Å². The number of hydrogen-bond donors (Lipinski definition) is 0. The van der Waals surface area contributed by atoms with Crippen molar-refractivity contribution in [2.75, 3.05) is 6.61 Å². The second-order valence-electron chi connectivity index (χ2n) is 4.84. The quantitative estimate of drug-likeness (QED) is 0.660. The Hall–Kier alpha value is -2.97. The SMILES string of the molecule is CCOC(=O)c1c(C)oc2ncn(Cc3noc(C)n3)c(=O)c12. The Kier molecular flexibility index (Phi) is 3.68. The zero-order valence-electron chi connectivity index (χ0n) is 12.8.